The van der Waals surface area contributed by atoms with Gasteiger partial charge in [0.25, 0.3) is 5.91 Å². The molecule has 1 aromatic heterocycles. The zero-order valence-electron chi connectivity index (χ0n) is 17.7. The summed E-state index contributed by atoms with van der Waals surface area (Å²) in [7, 11) is 0. The average Bonchev–Trinajstić information content (AvgIpc) is 3.32. The third kappa shape index (κ3) is 4.21. The Labute approximate surface area is 180 Å². The van der Waals surface area contributed by atoms with Crippen LogP contribution in [0.3, 0.4) is 0 Å². The second-order valence-corrected chi connectivity index (χ2v) is 7.90. The van der Waals surface area contributed by atoms with Gasteiger partial charge in [-0.1, -0.05) is 0 Å². The molecule has 0 unspecified atom stereocenters. The van der Waals surface area contributed by atoms with Gasteiger partial charge in [-0.25, -0.2) is 9.07 Å². The van der Waals surface area contributed by atoms with E-state index in [4.69, 9.17) is 4.74 Å². The fourth-order valence-electron chi connectivity index (χ4n) is 3.82. The van der Waals surface area contributed by atoms with Gasteiger partial charge in [0.05, 0.1) is 17.4 Å². The lowest BCUT2D eigenvalue weighted by Crippen LogP contribution is -2.15. The smallest absolute Gasteiger partial charge is 0.256 e. The van der Waals surface area contributed by atoms with Crippen LogP contribution in [0, 0.1) is 5.82 Å². The monoisotopic (exact) mass is 421 g/mol. The summed E-state index contributed by atoms with van der Waals surface area (Å²) in [5, 5.41) is 7.47. The predicted octanol–water partition coefficient (Wildman–Crippen LogP) is 4.74. The minimum Gasteiger partial charge on any atom is -0.490 e. The van der Waals surface area contributed by atoms with E-state index in [1.165, 1.54) is 19.1 Å². The van der Waals surface area contributed by atoms with Crippen molar-refractivity contribution in [2.45, 2.75) is 46.1 Å². The first-order chi connectivity index (χ1) is 14.8. The number of nitrogens with zero attached hydrogens (tertiary/aromatic N) is 2. The van der Waals surface area contributed by atoms with Gasteiger partial charge >= 0.3 is 0 Å². The van der Waals surface area contributed by atoms with Crippen LogP contribution in [0.25, 0.3) is 5.69 Å². The molecule has 0 aliphatic heterocycles. The summed E-state index contributed by atoms with van der Waals surface area (Å²) in [6, 6.07) is 10.9. The van der Waals surface area contributed by atoms with E-state index in [0.29, 0.717) is 22.7 Å². The third-order valence-corrected chi connectivity index (χ3v) is 5.22. The molecular weight excluding hydrogens is 397 g/mol. The van der Waals surface area contributed by atoms with Crippen LogP contribution in [0.15, 0.2) is 42.5 Å². The molecule has 31 heavy (non-hydrogen) atoms. The lowest BCUT2D eigenvalue weighted by molar-refractivity contribution is 0.101. The summed E-state index contributed by atoms with van der Waals surface area (Å²) in [5.41, 5.74) is 3.47. The van der Waals surface area contributed by atoms with Crippen LogP contribution in [0.2, 0.25) is 0 Å². The van der Waals surface area contributed by atoms with Gasteiger partial charge in [-0.3, -0.25) is 9.59 Å². The molecule has 1 aliphatic carbocycles. The van der Waals surface area contributed by atoms with Gasteiger partial charge in [-0.2, -0.15) is 0 Å². The van der Waals surface area contributed by atoms with Crippen LogP contribution < -0.4 is 10.1 Å². The van der Waals surface area contributed by atoms with Crippen LogP contribution in [0.5, 0.6) is 5.75 Å². The Morgan fingerprint density at radius 1 is 1.13 bits per heavy atom. The van der Waals surface area contributed by atoms with Crippen molar-refractivity contribution in [3.63, 3.8) is 0 Å². The molecule has 3 aromatic rings. The Morgan fingerprint density at radius 2 is 1.87 bits per heavy atom. The first-order valence-electron chi connectivity index (χ1n) is 10.3. The number of carbonyl (C=O) groups is 2. The number of aromatic nitrogens is 2. The lowest BCUT2D eigenvalue weighted by atomic mass is 10.1. The minimum atomic E-state index is -0.350. The van der Waals surface area contributed by atoms with Gasteiger partial charge in [0.1, 0.15) is 11.6 Å². The normalized spacial score (nSPS) is 12.7. The number of hydrogen-bond donors (Lipinski definition) is 1. The summed E-state index contributed by atoms with van der Waals surface area (Å²) in [5.74, 6) is 0.116. The highest BCUT2D eigenvalue weighted by Crippen LogP contribution is 2.31. The maximum Gasteiger partial charge on any atom is 0.256 e. The van der Waals surface area contributed by atoms with Crippen LogP contribution >= 0.6 is 0 Å². The highest BCUT2D eigenvalue weighted by atomic mass is 19.1. The number of Topliss-reactive ketones (excluding diaryl/α,β-unsaturated/α-hetero) is 1. The summed E-state index contributed by atoms with van der Waals surface area (Å²) < 4.78 is 20.8. The molecule has 160 valence electrons. The number of benzene rings is 2. The molecule has 0 fully saturated rings. The van der Waals surface area contributed by atoms with Gasteiger partial charge in [-0.05, 0) is 82.5 Å². The maximum absolute atomic E-state index is 13.3. The number of amides is 1. The molecule has 0 bridgehead atoms. The molecule has 0 spiro atoms. The summed E-state index contributed by atoms with van der Waals surface area (Å²) >= 11 is 0. The number of ketones is 1. The van der Waals surface area contributed by atoms with E-state index >= 15 is 0 Å². The molecule has 0 saturated carbocycles. The van der Waals surface area contributed by atoms with Crippen molar-refractivity contribution < 1.29 is 18.7 Å². The number of hydrogen-bond acceptors (Lipinski definition) is 4. The van der Waals surface area contributed by atoms with E-state index < -0.39 is 0 Å². The molecule has 1 aliphatic rings. The van der Waals surface area contributed by atoms with Gasteiger partial charge in [0.15, 0.2) is 11.6 Å². The fourth-order valence-corrected chi connectivity index (χ4v) is 3.82. The highest BCUT2D eigenvalue weighted by molar-refractivity contribution is 6.07. The predicted molar refractivity (Wildman–Crippen MR) is 116 cm³/mol. The van der Waals surface area contributed by atoms with Crippen molar-refractivity contribution in [2.24, 2.45) is 0 Å². The molecular formula is C24H24FN3O3. The van der Waals surface area contributed by atoms with Crippen LogP contribution in [-0.4, -0.2) is 27.6 Å². The Hall–Kier alpha value is -3.48. The second kappa shape index (κ2) is 8.34. The van der Waals surface area contributed by atoms with Crippen LogP contribution in [0.4, 0.5) is 10.2 Å². The van der Waals surface area contributed by atoms with Crippen molar-refractivity contribution in [3.05, 3.63) is 70.7 Å². The molecule has 7 heteroatoms. The number of ether oxygens (including phenoxy) is 1. The molecule has 2 aromatic carbocycles. The van der Waals surface area contributed by atoms with Crippen molar-refractivity contribution in [1.29, 1.82) is 0 Å². The summed E-state index contributed by atoms with van der Waals surface area (Å²) in [6.45, 7) is 5.20. The Balaban J connectivity index is 1.63. The molecule has 0 radical (unpaired) electrons. The fraction of sp³-hybridized carbons (Fsp3) is 0.292. The zero-order valence-corrected chi connectivity index (χ0v) is 17.7. The SMILES string of the molecule is CC(=O)c1cc(C(=O)Nc2nn(-c3ccc(F)cc3)c3c2CCC3)ccc1OC(C)C. The maximum atomic E-state index is 13.3. The number of halogens is 1. The van der Waals surface area contributed by atoms with Crippen molar-refractivity contribution in [1.82, 2.24) is 9.78 Å². The lowest BCUT2D eigenvalue weighted by Gasteiger charge is -2.14. The molecule has 4 rings (SSSR count). The zero-order chi connectivity index (χ0) is 22.1. The Morgan fingerprint density at radius 3 is 2.55 bits per heavy atom. The number of rotatable bonds is 6. The first-order valence-corrected chi connectivity index (χ1v) is 10.3. The van der Waals surface area contributed by atoms with E-state index in [1.54, 1.807) is 35.0 Å². The third-order valence-electron chi connectivity index (χ3n) is 5.22. The van der Waals surface area contributed by atoms with E-state index in [0.717, 1.165) is 36.2 Å². The topological polar surface area (TPSA) is 73.2 Å². The standard InChI is InChI=1S/C24H24FN3O3/c1-14(2)31-22-12-7-16(13-20(22)15(3)29)24(30)26-23-19-5-4-6-21(19)28(27-23)18-10-8-17(25)9-11-18/h7-14H,4-6H2,1-3H3,(H,26,27,30). The molecule has 6 nitrogen and oxygen atoms in total. The second-order valence-electron chi connectivity index (χ2n) is 7.90. The largest absolute Gasteiger partial charge is 0.490 e. The quantitative estimate of drug-likeness (QED) is 0.584. The van der Waals surface area contributed by atoms with E-state index in [2.05, 4.69) is 10.4 Å². The average molecular weight is 421 g/mol. The Kier molecular flexibility index (Phi) is 5.59. The van der Waals surface area contributed by atoms with Crippen LogP contribution in [-0.2, 0) is 12.8 Å². The van der Waals surface area contributed by atoms with Gasteiger partial charge in [0, 0.05) is 16.8 Å². The molecule has 1 heterocycles. The molecule has 1 amide bonds. The van der Waals surface area contributed by atoms with E-state index in [-0.39, 0.29) is 23.6 Å². The van der Waals surface area contributed by atoms with Crippen LogP contribution in [0.1, 0.15) is 59.2 Å². The summed E-state index contributed by atoms with van der Waals surface area (Å²) in [4.78, 5) is 25.0. The van der Waals surface area contributed by atoms with Gasteiger partial charge in [-0.15, -0.1) is 5.10 Å². The molecule has 0 atom stereocenters. The van der Waals surface area contributed by atoms with Crippen molar-refractivity contribution in [2.75, 3.05) is 5.32 Å². The van der Waals surface area contributed by atoms with Crippen molar-refractivity contribution in [3.8, 4) is 11.4 Å². The van der Waals surface area contributed by atoms with E-state index in [9.17, 15) is 14.0 Å². The number of nitrogens with one attached hydrogen (secondary N) is 1. The molecule has 0 saturated heterocycles. The van der Waals surface area contributed by atoms with E-state index in [1.807, 2.05) is 13.8 Å². The van der Waals surface area contributed by atoms with Crippen molar-refractivity contribution >= 4 is 17.5 Å². The number of fused-ring (bicyclic) bond motifs is 1. The minimum absolute atomic E-state index is 0.0872. The highest BCUT2D eigenvalue weighted by Gasteiger charge is 2.25. The van der Waals surface area contributed by atoms with Gasteiger partial charge < -0.3 is 10.1 Å². The van der Waals surface area contributed by atoms with Gasteiger partial charge in [0.2, 0.25) is 0 Å². The number of carbonyl (C=O) groups excluding carboxylic acids is 2. The first kappa shape index (κ1) is 20.8. The number of anilines is 1. The molecule has 1 N–H and O–H groups in total. The summed E-state index contributed by atoms with van der Waals surface area (Å²) in [6.07, 6.45) is 2.53. The Bertz CT molecular complexity index is 1150.